The lowest BCUT2D eigenvalue weighted by Crippen LogP contribution is -2.42. The fourth-order valence-electron chi connectivity index (χ4n) is 3.13. The van der Waals surface area contributed by atoms with E-state index in [9.17, 15) is 13.2 Å². The van der Waals surface area contributed by atoms with Gasteiger partial charge in [-0.1, -0.05) is 0 Å². The van der Waals surface area contributed by atoms with E-state index in [0.717, 1.165) is 17.4 Å². The molecule has 0 amide bonds. The standard InChI is InChI=1S/C16H20N2O4S/c1-2-17-9-7-12-10-14(5-6-15(12)17)23(21,22)18-8-3-4-13(11-18)16(19)20/h5-7,9-10,13H,2-4,8,11H2,1H3,(H,19,20). The first kappa shape index (κ1) is 16.0. The molecule has 0 spiro atoms. The van der Waals surface area contributed by atoms with Crippen molar-refractivity contribution < 1.29 is 18.3 Å². The van der Waals surface area contributed by atoms with Crippen LogP contribution in [0.3, 0.4) is 0 Å². The molecule has 2 heterocycles. The predicted octanol–water partition coefficient (Wildman–Crippen LogP) is 2.15. The second-order valence-electron chi connectivity index (χ2n) is 5.86. The number of benzene rings is 1. The topological polar surface area (TPSA) is 79.6 Å². The molecular weight excluding hydrogens is 316 g/mol. The van der Waals surface area contributed by atoms with E-state index in [0.29, 0.717) is 19.4 Å². The van der Waals surface area contributed by atoms with Crippen LogP contribution in [0, 0.1) is 5.92 Å². The molecule has 3 rings (SSSR count). The average Bonchev–Trinajstić information content (AvgIpc) is 2.97. The van der Waals surface area contributed by atoms with Gasteiger partial charge in [-0.2, -0.15) is 4.31 Å². The Hall–Kier alpha value is -1.86. The number of carboxylic acid groups (broad SMARTS) is 1. The van der Waals surface area contributed by atoms with E-state index in [2.05, 4.69) is 0 Å². The summed E-state index contributed by atoms with van der Waals surface area (Å²) in [6.07, 6.45) is 3.03. The van der Waals surface area contributed by atoms with Gasteiger partial charge in [0.1, 0.15) is 0 Å². The molecule has 2 aromatic rings. The Balaban J connectivity index is 1.94. The van der Waals surface area contributed by atoms with E-state index >= 15 is 0 Å². The molecular formula is C16H20N2O4S. The first-order valence-corrected chi connectivity index (χ1v) is 9.19. The minimum Gasteiger partial charge on any atom is -0.481 e. The van der Waals surface area contributed by atoms with Crippen molar-refractivity contribution in [2.45, 2.75) is 31.2 Å². The van der Waals surface area contributed by atoms with Crippen molar-refractivity contribution in [2.75, 3.05) is 13.1 Å². The van der Waals surface area contributed by atoms with Crippen LogP contribution < -0.4 is 0 Å². The van der Waals surface area contributed by atoms with Crippen LogP contribution >= 0.6 is 0 Å². The number of carboxylic acids is 1. The third-order valence-electron chi connectivity index (χ3n) is 4.45. The van der Waals surface area contributed by atoms with Gasteiger partial charge in [-0.05, 0) is 44.0 Å². The van der Waals surface area contributed by atoms with Gasteiger partial charge in [0.05, 0.1) is 10.8 Å². The molecule has 1 N–H and O–H groups in total. The maximum absolute atomic E-state index is 12.8. The van der Waals surface area contributed by atoms with E-state index < -0.39 is 21.9 Å². The average molecular weight is 336 g/mol. The summed E-state index contributed by atoms with van der Waals surface area (Å²) >= 11 is 0. The number of aliphatic carboxylic acids is 1. The van der Waals surface area contributed by atoms with Crippen molar-refractivity contribution in [3.8, 4) is 0 Å². The number of hydrogen-bond acceptors (Lipinski definition) is 3. The summed E-state index contributed by atoms with van der Waals surface area (Å²) < 4.78 is 29.0. The lowest BCUT2D eigenvalue weighted by molar-refractivity contribution is -0.142. The highest BCUT2D eigenvalue weighted by molar-refractivity contribution is 7.89. The Labute approximate surface area is 135 Å². The highest BCUT2D eigenvalue weighted by atomic mass is 32.2. The Morgan fingerprint density at radius 3 is 2.83 bits per heavy atom. The molecule has 0 radical (unpaired) electrons. The van der Waals surface area contributed by atoms with Crippen molar-refractivity contribution in [3.63, 3.8) is 0 Å². The quantitative estimate of drug-likeness (QED) is 0.928. The van der Waals surface area contributed by atoms with Crippen LogP contribution in [-0.4, -0.2) is 41.5 Å². The normalized spacial score (nSPS) is 20.0. The minimum atomic E-state index is -3.66. The van der Waals surface area contributed by atoms with Crippen molar-refractivity contribution in [1.82, 2.24) is 8.87 Å². The molecule has 0 bridgehead atoms. The van der Waals surface area contributed by atoms with Gasteiger partial charge < -0.3 is 9.67 Å². The van der Waals surface area contributed by atoms with E-state index in [1.54, 1.807) is 12.1 Å². The Bertz CT molecular complexity index is 841. The van der Waals surface area contributed by atoms with Crippen LogP contribution in [0.5, 0.6) is 0 Å². The van der Waals surface area contributed by atoms with Crippen molar-refractivity contribution >= 4 is 26.9 Å². The Morgan fingerprint density at radius 2 is 2.13 bits per heavy atom. The number of carbonyl (C=O) groups is 1. The van der Waals surface area contributed by atoms with E-state index in [-0.39, 0.29) is 11.4 Å². The second kappa shape index (κ2) is 5.98. The number of nitrogens with zero attached hydrogens (tertiary/aromatic N) is 2. The number of aromatic nitrogens is 1. The number of hydrogen-bond donors (Lipinski definition) is 1. The van der Waals surface area contributed by atoms with Crippen LogP contribution in [0.4, 0.5) is 0 Å². The summed E-state index contributed by atoms with van der Waals surface area (Å²) in [7, 11) is -3.66. The lowest BCUT2D eigenvalue weighted by Gasteiger charge is -2.29. The van der Waals surface area contributed by atoms with Gasteiger partial charge in [-0.15, -0.1) is 0 Å². The molecule has 1 aliphatic rings. The fourth-order valence-corrected chi connectivity index (χ4v) is 4.69. The minimum absolute atomic E-state index is 0.0473. The van der Waals surface area contributed by atoms with Gasteiger partial charge in [0.25, 0.3) is 0 Å². The SMILES string of the molecule is CCn1ccc2cc(S(=O)(=O)N3CCCC(C(=O)O)C3)ccc21. The van der Waals surface area contributed by atoms with Crippen LogP contribution in [0.2, 0.25) is 0 Å². The zero-order chi connectivity index (χ0) is 16.6. The second-order valence-corrected chi connectivity index (χ2v) is 7.80. The van der Waals surface area contributed by atoms with Crippen molar-refractivity contribution in [1.29, 1.82) is 0 Å². The molecule has 1 aromatic carbocycles. The molecule has 1 atom stereocenters. The third-order valence-corrected chi connectivity index (χ3v) is 6.32. The molecule has 1 saturated heterocycles. The van der Waals surface area contributed by atoms with Crippen LogP contribution in [0.1, 0.15) is 19.8 Å². The third kappa shape index (κ3) is 2.86. The van der Waals surface area contributed by atoms with Crippen LogP contribution in [0.15, 0.2) is 35.4 Å². The van der Waals surface area contributed by atoms with Crippen LogP contribution in [-0.2, 0) is 21.4 Å². The largest absolute Gasteiger partial charge is 0.481 e. The molecule has 0 aliphatic carbocycles. The molecule has 7 heteroatoms. The van der Waals surface area contributed by atoms with Crippen LogP contribution in [0.25, 0.3) is 10.9 Å². The zero-order valence-corrected chi connectivity index (χ0v) is 13.8. The molecule has 1 unspecified atom stereocenters. The summed E-state index contributed by atoms with van der Waals surface area (Å²) in [6, 6.07) is 6.98. The monoisotopic (exact) mass is 336 g/mol. The Kier molecular flexibility index (Phi) is 4.16. The van der Waals surface area contributed by atoms with Gasteiger partial charge >= 0.3 is 5.97 Å². The van der Waals surface area contributed by atoms with Gasteiger partial charge in [0, 0.05) is 36.7 Å². The number of piperidine rings is 1. The number of sulfonamides is 1. The van der Waals surface area contributed by atoms with Crippen molar-refractivity contribution in [2.24, 2.45) is 5.92 Å². The summed E-state index contributed by atoms with van der Waals surface area (Å²) in [4.78, 5) is 11.4. The maximum Gasteiger partial charge on any atom is 0.307 e. The smallest absolute Gasteiger partial charge is 0.307 e. The van der Waals surface area contributed by atoms with Gasteiger partial charge in [-0.25, -0.2) is 8.42 Å². The van der Waals surface area contributed by atoms with Gasteiger partial charge in [0.15, 0.2) is 0 Å². The molecule has 1 aromatic heterocycles. The van der Waals surface area contributed by atoms with E-state index in [4.69, 9.17) is 5.11 Å². The molecule has 0 saturated carbocycles. The molecule has 23 heavy (non-hydrogen) atoms. The van der Waals surface area contributed by atoms with Gasteiger partial charge in [-0.3, -0.25) is 4.79 Å². The molecule has 1 aliphatic heterocycles. The zero-order valence-electron chi connectivity index (χ0n) is 13.0. The summed E-state index contributed by atoms with van der Waals surface area (Å²) in [5.41, 5.74) is 0.994. The molecule has 124 valence electrons. The highest BCUT2D eigenvalue weighted by Gasteiger charge is 2.33. The predicted molar refractivity (Wildman–Crippen MR) is 86.7 cm³/mol. The van der Waals surface area contributed by atoms with E-state index in [1.807, 2.05) is 29.8 Å². The first-order chi connectivity index (χ1) is 10.9. The lowest BCUT2D eigenvalue weighted by atomic mass is 10.0. The highest BCUT2D eigenvalue weighted by Crippen LogP contribution is 2.26. The maximum atomic E-state index is 12.8. The number of rotatable bonds is 4. The summed E-state index contributed by atoms with van der Waals surface area (Å²) in [5.74, 6) is -1.55. The number of aryl methyl sites for hydroxylation is 1. The fraction of sp³-hybridized carbons (Fsp3) is 0.438. The van der Waals surface area contributed by atoms with Gasteiger partial charge in [0.2, 0.25) is 10.0 Å². The molecule has 1 fully saturated rings. The summed E-state index contributed by atoms with van der Waals surface area (Å²) in [6.45, 7) is 3.28. The first-order valence-electron chi connectivity index (χ1n) is 7.75. The van der Waals surface area contributed by atoms with E-state index in [1.165, 1.54) is 4.31 Å². The summed E-state index contributed by atoms with van der Waals surface area (Å²) in [5, 5.41) is 10.0. The molecule has 6 nitrogen and oxygen atoms in total. The Morgan fingerprint density at radius 1 is 1.35 bits per heavy atom. The van der Waals surface area contributed by atoms with Crippen molar-refractivity contribution in [3.05, 3.63) is 30.5 Å². The number of fused-ring (bicyclic) bond motifs is 1.